The third kappa shape index (κ3) is 2.96. The van der Waals surface area contributed by atoms with Crippen LogP contribution in [-0.2, 0) is 20.0 Å². The van der Waals surface area contributed by atoms with Gasteiger partial charge in [-0.05, 0) is 13.3 Å². The van der Waals surface area contributed by atoms with Crippen molar-refractivity contribution in [3.8, 4) is 5.88 Å². The van der Waals surface area contributed by atoms with E-state index in [1.165, 1.54) is 0 Å². The van der Waals surface area contributed by atoms with E-state index in [4.69, 9.17) is 4.74 Å². The third-order valence-corrected chi connectivity index (χ3v) is 2.44. The molecule has 92 valence electrons. The predicted molar refractivity (Wildman–Crippen MR) is 62.5 cm³/mol. The quantitative estimate of drug-likeness (QED) is 0.741. The number of ether oxygens (including phenoxy) is 1. The van der Waals surface area contributed by atoms with Crippen molar-refractivity contribution in [2.45, 2.75) is 32.9 Å². The summed E-state index contributed by atoms with van der Waals surface area (Å²) in [5.41, 5.74) is 2.12. The Bertz CT molecular complexity index is 334. The zero-order valence-corrected chi connectivity index (χ0v) is 10.4. The number of methoxy groups -OCH3 is 1. The first-order valence-electron chi connectivity index (χ1n) is 5.57. The summed E-state index contributed by atoms with van der Waals surface area (Å²) >= 11 is 0. The topological polar surface area (TPSA) is 59.3 Å². The summed E-state index contributed by atoms with van der Waals surface area (Å²) in [4.78, 5) is 0. The van der Waals surface area contributed by atoms with E-state index < -0.39 is 0 Å². The van der Waals surface area contributed by atoms with E-state index in [9.17, 15) is 5.11 Å². The van der Waals surface area contributed by atoms with Gasteiger partial charge in [-0.15, -0.1) is 0 Å². The van der Waals surface area contributed by atoms with Gasteiger partial charge in [-0.25, -0.2) is 4.68 Å². The molecule has 1 atom stereocenters. The largest absolute Gasteiger partial charge is 0.481 e. The summed E-state index contributed by atoms with van der Waals surface area (Å²) in [6, 6.07) is 0. The maximum absolute atomic E-state index is 9.17. The maximum Gasteiger partial charge on any atom is 0.216 e. The van der Waals surface area contributed by atoms with Crippen molar-refractivity contribution in [1.82, 2.24) is 15.1 Å². The number of hydrogen-bond donors (Lipinski definition) is 2. The molecular formula is C11H21N3O2. The Morgan fingerprint density at radius 3 is 2.75 bits per heavy atom. The zero-order chi connectivity index (χ0) is 12.1. The minimum atomic E-state index is -0.340. The number of nitrogens with one attached hydrogen (secondary N) is 1. The molecule has 0 aromatic carbocycles. The van der Waals surface area contributed by atoms with Crippen molar-refractivity contribution in [3.63, 3.8) is 0 Å². The van der Waals surface area contributed by atoms with Gasteiger partial charge in [-0.3, -0.25) is 0 Å². The van der Waals surface area contributed by atoms with Crippen LogP contribution >= 0.6 is 0 Å². The first-order chi connectivity index (χ1) is 7.60. The Balaban J connectivity index is 2.75. The summed E-state index contributed by atoms with van der Waals surface area (Å²) in [6.45, 7) is 5.07. The average molecular weight is 227 g/mol. The molecule has 1 aromatic rings. The summed E-state index contributed by atoms with van der Waals surface area (Å²) in [5.74, 6) is 0.787. The molecule has 0 aliphatic carbocycles. The fourth-order valence-electron chi connectivity index (χ4n) is 1.73. The van der Waals surface area contributed by atoms with Crippen LogP contribution < -0.4 is 10.1 Å². The number of rotatable bonds is 6. The van der Waals surface area contributed by atoms with Crippen LogP contribution in [0.3, 0.4) is 0 Å². The lowest BCUT2D eigenvalue weighted by Crippen LogP contribution is -2.24. The first kappa shape index (κ1) is 13.0. The second-order valence-electron chi connectivity index (χ2n) is 3.89. The lowest BCUT2D eigenvalue weighted by Gasteiger charge is -2.08. The Kier molecular flexibility index (Phi) is 4.76. The van der Waals surface area contributed by atoms with Gasteiger partial charge in [0.1, 0.15) is 0 Å². The highest BCUT2D eigenvalue weighted by Gasteiger charge is 2.14. The van der Waals surface area contributed by atoms with E-state index in [1.54, 1.807) is 18.7 Å². The molecule has 1 rings (SSSR count). The molecule has 5 nitrogen and oxygen atoms in total. The number of nitrogens with zero attached hydrogens (tertiary/aromatic N) is 2. The second-order valence-corrected chi connectivity index (χ2v) is 3.89. The Morgan fingerprint density at radius 1 is 1.56 bits per heavy atom. The van der Waals surface area contributed by atoms with E-state index in [1.807, 2.05) is 7.05 Å². The summed E-state index contributed by atoms with van der Waals surface area (Å²) in [6.07, 6.45) is 0.538. The van der Waals surface area contributed by atoms with Crippen molar-refractivity contribution in [2.24, 2.45) is 7.05 Å². The molecule has 0 saturated heterocycles. The molecule has 0 aliphatic heterocycles. The van der Waals surface area contributed by atoms with Crippen molar-refractivity contribution < 1.29 is 9.84 Å². The van der Waals surface area contributed by atoms with Crippen LogP contribution in [-0.4, -0.2) is 34.6 Å². The predicted octanol–water partition coefficient (Wildman–Crippen LogP) is 0.461. The van der Waals surface area contributed by atoms with Gasteiger partial charge < -0.3 is 15.2 Å². The summed E-state index contributed by atoms with van der Waals surface area (Å²) in [7, 11) is 3.52. The summed E-state index contributed by atoms with van der Waals surface area (Å²) < 4.78 is 7.06. The molecule has 0 radical (unpaired) electrons. The number of aromatic nitrogens is 2. The SMILES string of the molecule is CCc1nn(C)c(OC)c1CNCC(C)O. The molecule has 2 N–H and O–H groups in total. The maximum atomic E-state index is 9.17. The molecule has 1 heterocycles. The molecule has 1 aromatic heterocycles. The van der Waals surface area contributed by atoms with Crippen LogP contribution in [0, 0.1) is 0 Å². The highest BCUT2D eigenvalue weighted by Crippen LogP contribution is 2.21. The standard InChI is InChI=1S/C11H21N3O2/c1-5-10-9(7-12-6-8(2)15)11(16-4)14(3)13-10/h8,12,15H,5-7H2,1-4H3. The number of hydrogen-bond acceptors (Lipinski definition) is 4. The highest BCUT2D eigenvalue weighted by atomic mass is 16.5. The fraction of sp³-hybridized carbons (Fsp3) is 0.727. The molecule has 0 aliphatic rings. The number of aryl methyl sites for hydroxylation is 2. The van der Waals surface area contributed by atoms with E-state index in [0.29, 0.717) is 13.1 Å². The molecule has 16 heavy (non-hydrogen) atoms. The van der Waals surface area contributed by atoms with Crippen molar-refractivity contribution in [1.29, 1.82) is 0 Å². The lowest BCUT2D eigenvalue weighted by atomic mass is 10.2. The minimum absolute atomic E-state index is 0.340. The molecule has 0 bridgehead atoms. The summed E-state index contributed by atoms with van der Waals surface area (Å²) in [5, 5.41) is 16.7. The van der Waals surface area contributed by atoms with Gasteiger partial charge in [0.15, 0.2) is 0 Å². The van der Waals surface area contributed by atoms with Crippen LogP contribution in [0.4, 0.5) is 0 Å². The molecule has 0 amide bonds. The van der Waals surface area contributed by atoms with E-state index >= 15 is 0 Å². The van der Waals surface area contributed by atoms with Crippen LogP contribution in [0.15, 0.2) is 0 Å². The Labute approximate surface area is 96.4 Å². The van der Waals surface area contributed by atoms with Gasteiger partial charge >= 0.3 is 0 Å². The lowest BCUT2D eigenvalue weighted by molar-refractivity contribution is 0.190. The van der Waals surface area contributed by atoms with Crippen molar-refractivity contribution in [2.75, 3.05) is 13.7 Å². The number of aliphatic hydroxyl groups excluding tert-OH is 1. The van der Waals surface area contributed by atoms with Crippen LogP contribution in [0.2, 0.25) is 0 Å². The van der Waals surface area contributed by atoms with Crippen LogP contribution in [0.25, 0.3) is 0 Å². The van der Waals surface area contributed by atoms with Crippen LogP contribution in [0.1, 0.15) is 25.1 Å². The second kappa shape index (κ2) is 5.86. The van der Waals surface area contributed by atoms with Gasteiger partial charge in [-0.2, -0.15) is 5.10 Å². The molecule has 0 spiro atoms. The van der Waals surface area contributed by atoms with Gasteiger partial charge in [0, 0.05) is 20.1 Å². The minimum Gasteiger partial charge on any atom is -0.481 e. The van der Waals surface area contributed by atoms with E-state index in [0.717, 1.165) is 23.6 Å². The number of aliphatic hydroxyl groups is 1. The van der Waals surface area contributed by atoms with Crippen molar-refractivity contribution >= 4 is 0 Å². The average Bonchev–Trinajstić information content (AvgIpc) is 2.54. The van der Waals surface area contributed by atoms with Gasteiger partial charge in [-0.1, -0.05) is 6.92 Å². The van der Waals surface area contributed by atoms with Crippen LogP contribution in [0.5, 0.6) is 5.88 Å². The van der Waals surface area contributed by atoms with Gasteiger partial charge in [0.2, 0.25) is 5.88 Å². The molecule has 1 unspecified atom stereocenters. The molecular weight excluding hydrogens is 206 g/mol. The first-order valence-corrected chi connectivity index (χ1v) is 5.57. The molecule has 5 heteroatoms. The smallest absolute Gasteiger partial charge is 0.216 e. The van der Waals surface area contributed by atoms with E-state index in [-0.39, 0.29) is 6.10 Å². The normalized spacial score (nSPS) is 12.8. The fourth-order valence-corrected chi connectivity index (χ4v) is 1.73. The van der Waals surface area contributed by atoms with Gasteiger partial charge in [0.25, 0.3) is 0 Å². The highest BCUT2D eigenvalue weighted by molar-refractivity contribution is 5.31. The van der Waals surface area contributed by atoms with Gasteiger partial charge in [0.05, 0.1) is 24.5 Å². The third-order valence-electron chi connectivity index (χ3n) is 2.44. The van der Waals surface area contributed by atoms with E-state index in [2.05, 4.69) is 17.3 Å². The Hall–Kier alpha value is -1.07. The molecule has 0 saturated carbocycles. The Morgan fingerprint density at radius 2 is 2.25 bits per heavy atom. The monoisotopic (exact) mass is 227 g/mol. The zero-order valence-electron chi connectivity index (χ0n) is 10.4. The van der Waals surface area contributed by atoms with Crippen molar-refractivity contribution in [3.05, 3.63) is 11.3 Å². The molecule has 0 fully saturated rings.